The predicted octanol–water partition coefficient (Wildman–Crippen LogP) is 4.89. The molecule has 1 aliphatic rings. The van der Waals surface area contributed by atoms with Gasteiger partial charge in [-0.15, -0.1) is 0 Å². The summed E-state index contributed by atoms with van der Waals surface area (Å²) in [6.07, 6.45) is 4.62. The average Bonchev–Trinajstić information content (AvgIpc) is 2.87. The van der Waals surface area contributed by atoms with Crippen LogP contribution >= 0.6 is 0 Å². The first-order valence-electron chi connectivity index (χ1n) is 8.20. The van der Waals surface area contributed by atoms with Crippen molar-refractivity contribution in [1.82, 2.24) is 4.90 Å². The highest BCUT2D eigenvalue weighted by molar-refractivity contribution is 5.89. The van der Waals surface area contributed by atoms with Gasteiger partial charge in [-0.3, -0.25) is 0 Å². The summed E-state index contributed by atoms with van der Waals surface area (Å²) in [6.45, 7) is 1.70. The van der Waals surface area contributed by atoms with Crippen molar-refractivity contribution < 1.29 is 9.53 Å². The van der Waals surface area contributed by atoms with Gasteiger partial charge in [0.1, 0.15) is 11.5 Å². The van der Waals surface area contributed by atoms with Gasteiger partial charge >= 0.3 is 6.03 Å². The number of amides is 2. The zero-order valence-corrected chi connectivity index (χ0v) is 13.2. The highest BCUT2D eigenvalue weighted by Gasteiger charge is 2.15. The summed E-state index contributed by atoms with van der Waals surface area (Å²) in [7, 11) is 0. The van der Waals surface area contributed by atoms with Crippen molar-refractivity contribution in [3.8, 4) is 11.5 Å². The van der Waals surface area contributed by atoms with Crippen LogP contribution < -0.4 is 10.1 Å². The van der Waals surface area contributed by atoms with Gasteiger partial charge in [0, 0.05) is 18.8 Å². The number of rotatable bonds is 3. The second-order valence-corrected chi connectivity index (χ2v) is 5.77. The number of nitrogens with zero attached hydrogens (tertiary/aromatic N) is 1. The summed E-state index contributed by atoms with van der Waals surface area (Å²) >= 11 is 0. The molecule has 4 nitrogen and oxygen atoms in total. The molecule has 4 heteroatoms. The number of likely N-dealkylation sites (tertiary alicyclic amines) is 1. The lowest BCUT2D eigenvalue weighted by Crippen LogP contribution is -2.35. The van der Waals surface area contributed by atoms with Crippen molar-refractivity contribution >= 4 is 11.7 Å². The summed E-state index contributed by atoms with van der Waals surface area (Å²) in [6, 6.07) is 17.1. The van der Waals surface area contributed by atoms with Gasteiger partial charge in [-0.2, -0.15) is 0 Å². The molecule has 3 rings (SSSR count). The molecule has 0 spiro atoms. The molecule has 0 unspecified atom stereocenters. The van der Waals surface area contributed by atoms with Crippen LogP contribution in [0.25, 0.3) is 0 Å². The molecule has 0 aliphatic carbocycles. The standard InChI is InChI=1S/C19H22N2O2/c22-19(21-14-6-1-2-7-15-21)20-16-10-12-18(13-11-16)23-17-8-4-3-5-9-17/h3-5,8-13H,1-2,6-7,14-15H2,(H,20,22). The molecule has 2 aromatic rings. The Morgan fingerprint density at radius 1 is 0.826 bits per heavy atom. The molecular weight excluding hydrogens is 288 g/mol. The van der Waals surface area contributed by atoms with E-state index in [2.05, 4.69) is 5.32 Å². The van der Waals surface area contributed by atoms with E-state index in [1.165, 1.54) is 12.8 Å². The quantitative estimate of drug-likeness (QED) is 0.877. The van der Waals surface area contributed by atoms with E-state index in [1.54, 1.807) is 0 Å². The number of nitrogens with one attached hydrogen (secondary N) is 1. The summed E-state index contributed by atoms with van der Waals surface area (Å²) < 4.78 is 5.75. The zero-order chi connectivity index (χ0) is 15.9. The maximum Gasteiger partial charge on any atom is 0.321 e. The van der Waals surface area contributed by atoms with Gasteiger partial charge in [0.05, 0.1) is 0 Å². The molecule has 0 radical (unpaired) electrons. The van der Waals surface area contributed by atoms with Gasteiger partial charge in [0.15, 0.2) is 0 Å². The summed E-state index contributed by atoms with van der Waals surface area (Å²) in [5, 5.41) is 2.96. The van der Waals surface area contributed by atoms with E-state index in [0.29, 0.717) is 0 Å². The Bertz CT molecular complexity index is 618. The van der Waals surface area contributed by atoms with Crippen molar-refractivity contribution in [2.24, 2.45) is 0 Å². The lowest BCUT2D eigenvalue weighted by Gasteiger charge is -2.20. The third-order valence-corrected chi connectivity index (χ3v) is 3.98. The second-order valence-electron chi connectivity index (χ2n) is 5.77. The van der Waals surface area contributed by atoms with Gasteiger partial charge in [0.2, 0.25) is 0 Å². The average molecular weight is 310 g/mol. The van der Waals surface area contributed by atoms with Gasteiger partial charge in [-0.05, 0) is 49.2 Å². The number of urea groups is 1. The molecule has 0 saturated carbocycles. The van der Waals surface area contributed by atoms with Crippen LogP contribution in [0.2, 0.25) is 0 Å². The number of ether oxygens (including phenoxy) is 1. The first-order valence-corrected chi connectivity index (χ1v) is 8.20. The van der Waals surface area contributed by atoms with Crippen molar-refractivity contribution in [1.29, 1.82) is 0 Å². The minimum absolute atomic E-state index is 0.0105. The molecule has 0 bridgehead atoms. The Morgan fingerprint density at radius 2 is 1.43 bits per heavy atom. The van der Waals surface area contributed by atoms with Crippen molar-refractivity contribution in [2.75, 3.05) is 18.4 Å². The molecule has 0 atom stereocenters. The van der Waals surface area contributed by atoms with E-state index in [-0.39, 0.29) is 6.03 Å². The van der Waals surface area contributed by atoms with Gasteiger partial charge in [0.25, 0.3) is 0 Å². The number of para-hydroxylation sites is 1. The summed E-state index contributed by atoms with van der Waals surface area (Å²) in [5.74, 6) is 1.55. The third-order valence-electron chi connectivity index (χ3n) is 3.98. The number of benzene rings is 2. The summed E-state index contributed by atoms with van der Waals surface area (Å²) in [4.78, 5) is 14.2. The maximum absolute atomic E-state index is 12.3. The Balaban J connectivity index is 1.57. The minimum Gasteiger partial charge on any atom is -0.457 e. The van der Waals surface area contributed by atoms with E-state index in [9.17, 15) is 4.79 Å². The summed E-state index contributed by atoms with van der Waals surface area (Å²) in [5.41, 5.74) is 0.791. The van der Waals surface area contributed by atoms with Crippen molar-refractivity contribution in [2.45, 2.75) is 25.7 Å². The fourth-order valence-corrected chi connectivity index (χ4v) is 2.71. The van der Waals surface area contributed by atoms with Crippen LogP contribution in [-0.2, 0) is 0 Å². The van der Waals surface area contributed by atoms with E-state index in [0.717, 1.165) is 43.1 Å². The number of carbonyl (C=O) groups excluding carboxylic acids is 1. The van der Waals surface area contributed by atoms with Crippen LogP contribution in [0.3, 0.4) is 0 Å². The van der Waals surface area contributed by atoms with E-state index < -0.39 is 0 Å². The first kappa shape index (κ1) is 15.4. The zero-order valence-electron chi connectivity index (χ0n) is 13.2. The molecule has 0 aromatic heterocycles. The largest absolute Gasteiger partial charge is 0.457 e. The van der Waals surface area contributed by atoms with Gasteiger partial charge < -0.3 is 15.0 Å². The number of hydrogen-bond donors (Lipinski definition) is 1. The normalized spacial score (nSPS) is 14.9. The third kappa shape index (κ3) is 4.49. The minimum atomic E-state index is -0.0105. The monoisotopic (exact) mass is 310 g/mol. The first-order chi connectivity index (χ1) is 11.3. The number of anilines is 1. The lowest BCUT2D eigenvalue weighted by molar-refractivity contribution is 0.214. The Morgan fingerprint density at radius 3 is 2.09 bits per heavy atom. The fraction of sp³-hybridized carbons (Fsp3) is 0.316. The smallest absolute Gasteiger partial charge is 0.321 e. The Hall–Kier alpha value is -2.49. The van der Waals surface area contributed by atoms with E-state index in [4.69, 9.17) is 4.74 Å². The number of hydrogen-bond acceptors (Lipinski definition) is 2. The highest BCUT2D eigenvalue weighted by Crippen LogP contribution is 2.23. The number of carbonyl (C=O) groups is 1. The molecule has 1 fully saturated rings. The second kappa shape index (κ2) is 7.68. The van der Waals surface area contributed by atoms with Crippen LogP contribution in [0.15, 0.2) is 54.6 Å². The lowest BCUT2D eigenvalue weighted by atomic mass is 10.2. The molecule has 1 N–H and O–H groups in total. The van der Waals surface area contributed by atoms with Crippen molar-refractivity contribution in [3.63, 3.8) is 0 Å². The van der Waals surface area contributed by atoms with E-state index in [1.807, 2.05) is 59.5 Å². The molecule has 120 valence electrons. The van der Waals surface area contributed by atoms with Crippen LogP contribution in [0.5, 0.6) is 11.5 Å². The SMILES string of the molecule is O=C(Nc1ccc(Oc2ccccc2)cc1)N1CCCCCC1. The highest BCUT2D eigenvalue weighted by atomic mass is 16.5. The Labute approximate surface area is 137 Å². The molecule has 1 saturated heterocycles. The van der Waals surface area contributed by atoms with Gasteiger partial charge in [-0.25, -0.2) is 4.79 Å². The van der Waals surface area contributed by atoms with Crippen molar-refractivity contribution in [3.05, 3.63) is 54.6 Å². The topological polar surface area (TPSA) is 41.6 Å². The molecule has 1 heterocycles. The van der Waals surface area contributed by atoms with E-state index >= 15 is 0 Å². The van der Waals surface area contributed by atoms with Crippen LogP contribution in [-0.4, -0.2) is 24.0 Å². The molecule has 2 aromatic carbocycles. The molecule has 2 amide bonds. The fourth-order valence-electron chi connectivity index (χ4n) is 2.71. The van der Waals surface area contributed by atoms with Crippen LogP contribution in [0.4, 0.5) is 10.5 Å². The molecule has 1 aliphatic heterocycles. The Kier molecular flexibility index (Phi) is 5.14. The van der Waals surface area contributed by atoms with Gasteiger partial charge in [-0.1, -0.05) is 31.0 Å². The van der Waals surface area contributed by atoms with Crippen LogP contribution in [0.1, 0.15) is 25.7 Å². The maximum atomic E-state index is 12.3. The van der Waals surface area contributed by atoms with Crippen LogP contribution in [0, 0.1) is 0 Å². The molecular formula is C19H22N2O2. The molecule has 23 heavy (non-hydrogen) atoms. The predicted molar refractivity (Wildman–Crippen MR) is 92.0 cm³/mol.